The molecule has 0 bridgehead atoms. The SMILES string of the molecule is NC1(c2ccc(-c3nc4nc(N5CCC(O)C5)ncc4cc3-c3ccccc3)cc2)CCC1. The van der Waals surface area contributed by atoms with E-state index in [4.69, 9.17) is 15.7 Å². The number of fused-ring (bicyclic) bond motifs is 1. The lowest BCUT2D eigenvalue weighted by Crippen LogP contribution is -2.43. The van der Waals surface area contributed by atoms with E-state index in [1.807, 2.05) is 29.3 Å². The summed E-state index contributed by atoms with van der Waals surface area (Å²) in [5.41, 5.74) is 12.3. The molecule has 6 heteroatoms. The Hall–Kier alpha value is -3.35. The van der Waals surface area contributed by atoms with Crippen molar-refractivity contribution >= 4 is 17.0 Å². The number of aromatic nitrogens is 3. The molecule has 1 unspecified atom stereocenters. The van der Waals surface area contributed by atoms with Crippen LogP contribution in [0.25, 0.3) is 33.4 Å². The quantitative estimate of drug-likeness (QED) is 0.496. The highest BCUT2D eigenvalue weighted by Gasteiger charge is 2.34. The molecule has 1 atom stereocenters. The molecule has 0 radical (unpaired) electrons. The monoisotopic (exact) mass is 437 g/mol. The molecule has 1 aliphatic carbocycles. The first-order chi connectivity index (χ1) is 16.1. The fourth-order valence-corrected chi connectivity index (χ4v) is 4.89. The lowest BCUT2D eigenvalue weighted by atomic mass is 9.72. The van der Waals surface area contributed by atoms with Crippen molar-refractivity contribution in [1.29, 1.82) is 0 Å². The largest absolute Gasteiger partial charge is 0.391 e. The average molecular weight is 438 g/mol. The predicted molar refractivity (Wildman–Crippen MR) is 131 cm³/mol. The number of nitrogens with zero attached hydrogens (tertiary/aromatic N) is 4. The van der Waals surface area contributed by atoms with E-state index in [2.05, 4.69) is 47.4 Å². The zero-order chi connectivity index (χ0) is 22.4. The summed E-state index contributed by atoms with van der Waals surface area (Å²) in [6.07, 6.45) is 5.53. The molecule has 33 heavy (non-hydrogen) atoms. The summed E-state index contributed by atoms with van der Waals surface area (Å²) in [6, 6.07) is 21.0. The minimum atomic E-state index is -0.326. The number of aliphatic hydroxyl groups is 1. The van der Waals surface area contributed by atoms with Gasteiger partial charge in [0.1, 0.15) is 0 Å². The molecule has 3 N–H and O–H groups in total. The molecule has 166 valence electrons. The third-order valence-corrected chi connectivity index (χ3v) is 7.07. The van der Waals surface area contributed by atoms with Crippen molar-refractivity contribution in [2.24, 2.45) is 5.73 Å². The van der Waals surface area contributed by atoms with Crippen LogP contribution in [0.1, 0.15) is 31.2 Å². The van der Waals surface area contributed by atoms with Gasteiger partial charge in [-0.25, -0.2) is 9.97 Å². The Bertz CT molecular complexity index is 1300. The fourth-order valence-electron chi connectivity index (χ4n) is 4.89. The number of pyridine rings is 1. The second-order valence-corrected chi connectivity index (χ2v) is 9.31. The van der Waals surface area contributed by atoms with Gasteiger partial charge in [0.05, 0.1) is 11.8 Å². The van der Waals surface area contributed by atoms with Crippen LogP contribution in [0.3, 0.4) is 0 Å². The molecular weight excluding hydrogens is 410 g/mol. The smallest absolute Gasteiger partial charge is 0.227 e. The maximum absolute atomic E-state index is 9.91. The highest BCUT2D eigenvalue weighted by molar-refractivity contribution is 5.90. The molecule has 2 fully saturated rings. The molecule has 1 saturated heterocycles. The Labute approximate surface area is 193 Å². The number of nitrogens with two attached hydrogens (primary N) is 1. The van der Waals surface area contributed by atoms with Crippen molar-refractivity contribution in [2.75, 3.05) is 18.0 Å². The molecule has 1 aliphatic heterocycles. The van der Waals surface area contributed by atoms with Crippen molar-refractivity contribution in [2.45, 2.75) is 37.3 Å². The number of β-amino-alcohol motifs (C(OH)–C–C–N with tert-alkyl or cyclic N) is 1. The molecule has 2 aromatic carbocycles. The van der Waals surface area contributed by atoms with Crippen molar-refractivity contribution in [3.8, 4) is 22.4 Å². The highest BCUT2D eigenvalue weighted by Crippen LogP contribution is 2.40. The van der Waals surface area contributed by atoms with Gasteiger partial charge in [-0.2, -0.15) is 4.98 Å². The first-order valence-electron chi connectivity index (χ1n) is 11.7. The number of benzene rings is 2. The van der Waals surface area contributed by atoms with Crippen LogP contribution in [0, 0.1) is 0 Å². The standard InChI is InChI=1S/C27H27N5O/c28-27(12-4-13-27)21-9-7-19(8-10-21)24-23(18-5-2-1-3-6-18)15-20-16-29-26(31-25(20)30-24)32-14-11-22(33)17-32/h1-3,5-10,15-16,22,33H,4,11-14,17,28H2. The predicted octanol–water partition coefficient (Wildman–Crippen LogP) is 4.27. The third kappa shape index (κ3) is 3.65. The molecular formula is C27H27N5O. The molecule has 0 amide bonds. The fraction of sp³-hybridized carbons (Fsp3) is 0.296. The molecule has 4 aromatic rings. The van der Waals surface area contributed by atoms with Gasteiger partial charge in [0.2, 0.25) is 5.95 Å². The van der Waals surface area contributed by atoms with E-state index in [1.54, 1.807) is 0 Å². The summed E-state index contributed by atoms with van der Waals surface area (Å²) in [5, 5.41) is 10.8. The van der Waals surface area contributed by atoms with Crippen LogP contribution in [-0.4, -0.2) is 39.3 Å². The normalized spacial score (nSPS) is 19.6. The first kappa shape index (κ1) is 20.3. The van der Waals surface area contributed by atoms with Crippen molar-refractivity contribution < 1.29 is 5.11 Å². The number of aliphatic hydroxyl groups excluding tert-OH is 1. The summed E-state index contributed by atoms with van der Waals surface area (Å²) in [7, 11) is 0. The van der Waals surface area contributed by atoms with E-state index in [9.17, 15) is 5.11 Å². The van der Waals surface area contributed by atoms with Crippen LogP contribution >= 0.6 is 0 Å². The Morgan fingerprint density at radius 1 is 0.970 bits per heavy atom. The second-order valence-electron chi connectivity index (χ2n) is 9.31. The number of hydrogen-bond acceptors (Lipinski definition) is 6. The minimum absolute atomic E-state index is 0.181. The van der Waals surface area contributed by atoms with Crippen molar-refractivity contribution in [3.63, 3.8) is 0 Å². The lowest BCUT2D eigenvalue weighted by Gasteiger charge is -2.38. The van der Waals surface area contributed by atoms with Crippen LogP contribution in [0.2, 0.25) is 0 Å². The van der Waals surface area contributed by atoms with Gasteiger partial charge in [0.15, 0.2) is 5.65 Å². The van der Waals surface area contributed by atoms with Gasteiger partial charge < -0.3 is 15.7 Å². The lowest BCUT2D eigenvalue weighted by molar-refractivity contribution is 0.198. The van der Waals surface area contributed by atoms with Gasteiger partial charge in [-0.3, -0.25) is 0 Å². The Balaban J connectivity index is 1.47. The van der Waals surface area contributed by atoms with E-state index in [1.165, 1.54) is 12.0 Å². The Kier molecular flexibility index (Phi) is 4.85. The maximum atomic E-state index is 9.91. The van der Waals surface area contributed by atoms with Crippen LogP contribution in [0.15, 0.2) is 66.9 Å². The summed E-state index contributed by atoms with van der Waals surface area (Å²) in [6.45, 7) is 1.31. The van der Waals surface area contributed by atoms with E-state index >= 15 is 0 Å². The third-order valence-electron chi connectivity index (χ3n) is 7.07. The number of rotatable bonds is 4. The highest BCUT2D eigenvalue weighted by atomic mass is 16.3. The van der Waals surface area contributed by atoms with E-state index in [0.717, 1.165) is 53.6 Å². The van der Waals surface area contributed by atoms with Crippen LogP contribution < -0.4 is 10.6 Å². The van der Waals surface area contributed by atoms with Crippen LogP contribution in [-0.2, 0) is 5.54 Å². The van der Waals surface area contributed by atoms with Gasteiger partial charge in [0, 0.05) is 41.3 Å². The molecule has 0 spiro atoms. The second kappa shape index (κ2) is 7.90. The zero-order valence-electron chi connectivity index (χ0n) is 18.5. The van der Waals surface area contributed by atoms with Crippen LogP contribution in [0.5, 0.6) is 0 Å². The number of hydrogen-bond donors (Lipinski definition) is 2. The average Bonchev–Trinajstić information content (AvgIpc) is 3.28. The summed E-state index contributed by atoms with van der Waals surface area (Å²) in [5.74, 6) is 0.621. The van der Waals surface area contributed by atoms with Crippen molar-refractivity contribution in [3.05, 3.63) is 72.4 Å². The summed E-state index contributed by atoms with van der Waals surface area (Å²) < 4.78 is 0. The van der Waals surface area contributed by atoms with Gasteiger partial charge in [0.25, 0.3) is 0 Å². The van der Waals surface area contributed by atoms with Crippen LogP contribution in [0.4, 0.5) is 5.95 Å². The topological polar surface area (TPSA) is 88.2 Å². The van der Waals surface area contributed by atoms with Gasteiger partial charge in [-0.1, -0.05) is 54.6 Å². The van der Waals surface area contributed by atoms with Gasteiger partial charge in [-0.15, -0.1) is 0 Å². The van der Waals surface area contributed by atoms with Crippen molar-refractivity contribution in [1.82, 2.24) is 15.0 Å². The first-order valence-corrected chi connectivity index (χ1v) is 11.7. The van der Waals surface area contributed by atoms with E-state index in [0.29, 0.717) is 18.1 Å². The maximum Gasteiger partial charge on any atom is 0.227 e. The molecule has 6 rings (SSSR count). The molecule has 2 aliphatic rings. The minimum Gasteiger partial charge on any atom is -0.391 e. The Morgan fingerprint density at radius 3 is 2.42 bits per heavy atom. The summed E-state index contributed by atoms with van der Waals surface area (Å²) >= 11 is 0. The van der Waals surface area contributed by atoms with E-state index in [-0.39, 0.29) is 11.6 Å². The number of anilines is 1. The molecule has 1 saturated carbocycles. The Morgan fingerprint density at radius 2 is 1.76 bits per heavy atom. The van der Waals surface area contributed by atoms with E-state index < -0.39 is 0 Å². The zero-order valence-corrected chi connectivity index (χ0v) is 18.5. The summed E-state index contributed by atoms with van der Waals surface area (Å²) in [4.78, 5) is 16.4. The van der Waals surface area contributed by atoms with Gasteiger partial charge in [-0.05, 0) is 42.9 Å². The molecule has 6 nitrogen and oxygen atoms in total. The molecule has 3 heterocycles. The van der Waals surface area contributed by atoms with Gasteiger partial charge >= 0.3 is 0 Å². The molecule has 2 aromatic heterocycles.